The lowest BCUT2D eigenvalue weighted by molar-refractivity contribution is 0.354. The fraction of sp³-hybridized carbons (Fsp3) is 0.231. The summed E-state index contributed by atoms with van der Waals surface area (Å²) in [6.45, 7) is 0.598. The third kappa shape index (κ3) is 2.69. The Labute approximate surface area is 120 Å². The number of nitrogens with zero attached hydrogens (tertiary/aromatic N) is 5. The van der Waals surface area contributed by atoms with Gasteiger partial charge in [-0.25, -0.2) is 0 Å². The molecule has 0 spiro atoms. The highest BCUT2D eigenvalue weighted by Gasteiger charge is 2.05. The molecule has 1 aromatic carbocycles. The summed E-state index contributed by atoms with van der Waals surface area (Å²) in [5, 5.41) is 18.5. The molecule has 3 rings (SSSR count). The zero-order valence-electron chi connectivity index (χ0n) is 11.6. The van der Waals surface area contributed by atoms with Gasteiger partial charge in [0.05, 0.1) is 14.2 Å². The van der Waals surface area contributed by atoms with Crippen LogP contribution in [0.2, 0.25) is 0 Å². The molecule has 0 fully saturated rings. The van der Waals surface area contributed by atoms with E-state index in [0.717, 1.165) is 5.56 Å². The molecule has 8 heteroatoms. The molecule has 0 saturated heterocycles. The molecule has 1 N–H and O–H groups in total. The van der Waals surface area contributed by atoms with Gasteiger partial charge in [0.1, 0.15) is 5.82 Å². The minimum atomic E-state index is 0.598. The molecule has 0 saturated carbocycles. The fourth-order valence-corrected chi connectivity index (χ4v) is 1.93. The number of hydrogen-bond acceptors (Lipinski definition) is 7. The van der Waals surface area contributed by atoms with Gasteiger partial charge >= 0.3 is 0 Å². The van der Waals surface area contributed by atoms with Crippen molar-refractivity contribution in [2.45, 2.75) is 6.54 Å². The molecule has 3 aromatic rings. The summed E-state index contributed by atoms with van der Waals surface area (Å²) in [5.74, 6) is 2.08. The van der Waals surface area contributed by atoms with Gasteiger partial charge in [0.2, 0.25) is 0 Å². The Morgan fingerprint density at radius 3 is 2.76 bits per heavy atom. The lowest BCUT2D eigenvalue weighted by Crippen LogP contribution is -2.05. The Morgan fingerprint density at radius 2 is 1.95 bits per heavy atom. The van der Waals surface area contributed by atoms with Gasteiger partial charge in [0.25, 0.3) is 0 Å². The van der Waals surface area contributed by atoms with Crippen molar-refractivity contribution < 1.29 is 9.47 Å². The molecule has 0 aliphatic rings. The first kappa shape index (κ1) is 13.1. The average Bonchev–Trinajstić information content (AvgIpc) is 3.00. The Morgan fingerprint density at radius 1 is 1.10 bits per heavy atom. The fourth-order valence-electron chi connectivity index (χ4n) is 1.93. The van der Waals surface area contributed by atoms with Gasteiger partial charge < -0.3 is 14.8 Å². The molecule has 0 bridgehead atoms. The number of benzene rings is 1. The standard InChI is InChI=1S/C13H14N6O2/c1-20-10-4-3-9(7-11(10)21-2)8-14-12-5-6-13-15-17-18-19(13)16-12/h3-7H,8H2,1-2H3,(H,14,16). The Bertz CT molecular complexity index is 757. The molecule has 8 nitrogen and oxygen atoms in total. The van der Waals surface area contributed by atoms with E-state index in [-0.39, 0.29) is 0 Å². The maximum atomic E-state index is 5.28. The first-order valence-corrected chi connectivity index (χ1v) is 6.30. The lowest BCUT2D eigenvalue weighted by Gasteiger charge is -2.10. The highest BCUT2D eigenvalue weighted by atomic mass is 16.5. The molecule has 21 heavy (non-hydrogen) atoms. The second-order valence-electron chi connectivity index (χ2n) is 4.29. The summed E-state index contributed by atoms with van der Waals surface area (Å²) in [6, 6.07) is 9.37. The van der Waals surface area contributed by atoms with Crippen molar-refractivity contribution in [3.8, 4) is 11.5 Å². The minimum Gasteiger partial charge on any atom is -0.493 e. The van der Waals surface area contributed by atoms with Gasteiger partial charge in [-0.05, 0) is 40.3 Å². The molecule has 2 aromatic heterocycles. The Hall–Kier alpha value is -2.90. The number of hydrogen-bond donors (Lipinski definition) is 1. The van der Waals surface area contributed by atoms with E-state index in [4.69, 9.17) is 9.47 Å². The van der Waals surface area contributed by atoms with Crippen LogP contribution in [0.4, 0.5) is 5.82 Å². The summed E-state index contributed by atoms with van der Waals surface area (Å²) < 4.78 is 11.9. The molecule has 0 aliphatic heterocycles. The van der Waals surface area contributed by atoms with Crippen molar-refractivity contribution in [1.82, 2.24) is 25.3 Å². The van der Waals surface area contributed by atoms with Crippen LogP contribution in [-0.4, -0.2) is 39.5 Å². The number of nitrogens with one attached hydrogen (secondary N) is 1. The zero-order chi connectivity index (χ0) is 14.7. The first-order chi connectivity index (χ1) is 10.3. The van der Waals surface area contributed by atoms with Gasteiger partial charge in [-0.1, -0.05) is 6.07 Å². The van der Waals surface area contributed by atoms with Crippen LogP contribution in [0.1, 0.15) is 5.56 Å². The highest BCUT2D eigenvalue weighted by Crippen LogP contribution is 2.27. The van der Waals surface area contributed by atoms with Crippen molar-refractivity contribution in [2.75, 3.05) is 19.5 Å². The summed E-state index contributed by atoms with van der Waals surface area (Å²) in [4.78, 5) is 0. The SMILES string of the molecule is COc1ccc(CNc2ccc3nnnn3n2)cc1OC. The van der Waals surface area contributed by atoms with Crippen LogP contribution in [0, 0.1) is 0 Å². The molecule has 0 unspecified atom stereocenters. The van der Waals surface area contributed by atoms with Crippen molar-refractivity contribution in [3.63, 3.8) is 0 Å². The van der Waals surface area contributed by atoms with E-state index < -0.39 is 0 Å². The lowest BCUT2D eigenvalue weighted by atomic mass is 10.2. The van der Waals surface area contributed by atoms with Crippen molar-refractivity contribution in [3.05, 3.63) is 35.9 Å². The van der Waals surface area contributed by atoms with Crippen LogP contribution >= 0.6 is 0 Å². The molecule has 0 aliphatic carbocycles. The third-order valence-corrected chi connectivity index (χ3v) is 2.99. The summed E-state index contributed by atoms with van der Waals surface area (Å²) in [6.07, 6.45) is 0. The summed E-state index contributed by atoms with van der Waals surface area (Å²) in [5.41, 5.74) is 1.65. The molecule has 0 atom stereocenters. The monoisotopic (exact) mass is 286 g/mol. The molecule has 0 radical (unpaired) electrons. The van der Waals surface area contributed by atoms with Crippen LogP contribution in [0.15, 0.2) is 30.3 Å². The van der Waals surface area contributed by atoms with Crippen molar-refractivity contribution >= 4 is 11.5 Å². The van der Waals surface area contributed by atoms with E-state index in [2.05, 4.69) is 25.9 Å². The number of aromatic nitrogens is 5. The maximum Gasteiger partial charge on any atom is 0.200 e. The number of fused-ring (bicyclic) bond motifs is 1. The predicted molar refractivity (Wildman–Crippen MR) is 75.4 cm³/mol. The van der Waals surface area contributed by atoms with Crippen LogP contribution < -0.4 is 14.8 Å². The van der Waals surface area contributed by atoms with Crippen LogP contribution in [0.5, 0.6) is 11.5 Å². The Balaban J connectivity index is 1.74. The van der Waals surface area contributed by atoms with E-state index in [0.29, 0.717) is 29.5 Å². The quantitative estimate of drug-likeness (QED) is 0.752. The molecule has 108 valence electrons. The van der Waals surface area contributed by atoms with Gasteiger partial charge in [-0.2, -0.15) is 0 Å². The van der Waals surface area contributed by atoms with Gasteiger partial charge in [-0.15, -0.1) is 14.8 Å². The normalized spacial score (nSPS) is 10.6. The summed E-state index contributed by atoms with van der Waals surface area (Å²) in [7, 11) is 3.23. The van der Waals surface area contributed by atoms with Crippen LogP contribution in [0.25, 0.3) is 5.65 Å². The second kappa shape index (κ2) is 5.61. The van der Waals surface area contributed by atoms with E-state index in [1.165, 1.54) is 4.63 Å². The predicted octanol–water partition coefficient (Wildman–Crippen LogP) is 1.15. The summed E-state index contributed by atoms with van der Waals surface area (Å²) >= 11 is 0. The van der Waals surface area contributed by atoms with Crippen LogP contribution in [-0.2, 0) is 6.54 Å². The van der Waals surface area contributed by atoms with E-state index >= 15 is 0 Å². The number of tetrazole rings is 1. The maximum absolute atomic E-state index is 5.28. The molecule has 2 heterocycles. The molecule has 0 amide bonds. The molecular formula is C13H14N6O2. The highest BCUT2D eigenvalue weighted by molar-refractivity contribution is 5.45. The van der Waals surface area contributed by atoms with E-state index in [1.807, 2.05) is 24.3 Å². The Kier molecular flexibility index (Phi) is 3.50. The van der Waals surface area contributed by atoms with Crippen molar-refractivity contribution in [1.29, 1.82) is 0 Å². The van der Waals surface area contributed by atoms with Crippen LogP contribution in [0.3, 0.4) is 0 Å². The number of rotatable bonds is 5. The topological polar surface area (TPSA) is 86.5 Å². The second-order valence-corrected chi connectivity index (χ2v) is 4.29. The van der Waals surface area contributed by atoms with E-state index in [1.54, 1.807) is 20.3 Å². The van der Waals surface area contributed by atoms with Crippen molar-refractivity contribution in [2.24, 2.45) is 0 Å². The minimum absolute atomic E-state index is 0.598. The van der Waals surface area contributed by atoms with Gasteiger partial charge in [0, 0.05) is 6.54 Å². The third-order valence-electron chi connectivity index (χ3n) is 2.99. The van der Waals surface area contributed by atoms with E-state index in [9.17, 15) is 0 Å². The smallest absolute Gasteiger partial charge is 0.200 e. The average molecular weight is 286 g/mol. The number of ether oxygens (including phenoxy) is 2. The number of anilines is 1. The van der Waals surface area contributed by atoms with Gasteiger partial charge in [0.15, 0.2) is 17.1 Å². The molecular weight excluding hydrogens is 272 g/mol. The first-order valence-electron chi connectivity index (χ1n) is 6.30. The zero-order valence-corrected chi connectivity index (χ0v) is 11.6. The largest absolute Gasteiger partial charge is 0.493 e. The van der Waals surface area contributed by atoms with Gasteiger partial charge in [-0.3, -0.25) is 0 Å². The number of methoxy groups -OCH3 is 2.